The lowest BCUT2D eigenvalue weighted by molar-refractivity contribution is 0.0912. The lowest BCUT2D eigenvalue weighted by Gasteiger charge is -2.14. The maximum atomic E-state index is 13.1. The smallest absolute Gasteiger partial charge is 0.268 e. The third-order valence-electron chi connectivity index (χ3n) is 8.80. The normalized spacial score (nSPS) is 20.1. The van der Waals surface area contributed by atoms with Crippen LogP contribution in [0.1, 0.15) is 64.5 Å². The summed E-state index contributed by atoms with van der Waals surface area (Å²) >= 11 is 12.2. The van der Waals surface area contributed by atoms with Crippen molar-refractivity contribution < 1.29 is 14.1 Å². The molecule has 4 N–H and O–H groups in total. The number of rotatable bonds is 7. The van der Waals surface area contributed by atoms with E-state index in [0.29, 0.717) is 46.0 Å². The zero-order chi connectivity index (χ0) is 30.2. The molecule has 3 heterocycles. The SMILES string of the molecule is CC1(NC(=O)c2cc3cc(Cl)ccc3[nH]2)CC1c1ccc(-c2noc(C3(NC(=O)c4cc5cc(Cl)ccc5[nH]4)CC3)n2)cc1. The van der Waals surface area contributed by atoms with E-state index in [0.717, 1.165) is 39.4 Å². The van der Waals surface area contributed by atoms with Gasteiger partial charge in [0.2, 0.25) is 5.82 Å². The van der Waals surface area contributed by atoms with Crippen LogP contribution in [0.3, 0.4) is 0 Å². The lowest BCUT2D eigenvalue weighted by atomic mass is 10.0. The molecule has 2 atom stereocenters. The van der Waals surface area contributed by atoms with Crippen molar-refractivity contribution >= 4 is 56.8 Å². The van der Waals surface area contributed by atoms with Gasteiger partial charge in [0.05, 0.1) is 0 Å². The van der Waals surface area contributed by atoms with E-state index in [4.69, 9.17) is 27.7 Å². The molecule has 0 radical (unpaired) electrons. The third-order valence-corrected chi connectivity index (χ3v) is 9.27. The van der Waals surface area contributed by atoms with E-state index in [1.54, 1.807) is 18.2 Å². The maximum Gasteiger partial charge on any atom is 0.268 e. The van der Waals surface area contributed by atoms with Crippen LogP contribution in [-0.4, -0.2) is 37.5 Å². The number of benzene rings is 3. The number of nitrogens with zero attached hydrogens (tertiary/aromatic N) is 2. The molecule has 0 bridgehead atoms. The first-order valence-electron chi connectivity index (χ1n) is 14.3. The van der Waals surface area contributed by atoms with Gasteiger partial charge in [-0.2, -0.15) is 4.98 Å². The van der Waals surface area contributed by atoms with Crippen LogP contribution in [-0.2, 0) is 5.54 Å². The Bertz CT molecular complexity index is 2110. The Balaban J connectivity index is 0.930. The molecule has 220 valence electrons. The number of aromatic amines is 2. The zero-order valence-electron chi connectivity index (χ0n) is 23.5. The van der Waals surface area contributed by atoms with Crippen molar-refractivity contribution in [2.75, 3.05) is 0 Å². The minimum absolute atomic E-state index is 0.145. The van der Waals surface area contributed by atoms with Crippen molar-refractivity contribution in [3.63, 3.8) is 0 Å². The summed E-state index contributed by atoms with van der Waals surface area (Å²) in [7, 11) is 0. The van der Waals surface area contributed by atoms with Crippen molar-refractivity contribution in [1.29, 1.82) is 0 Å². The number of carbonyl (C=O) groups excluding carboxylic acids is 2. The molecular formula is C33H26Cl2N6O3. The summed E-state index contributed by atoms with van der Waals surface area (Å²) < 4.78 is 5.63. The van der Waals surface area contributed by atoms with Gasteiger partial charge in [0, 0.05) is 48.9 Å². The molecule has 44 heavy (non-hydrogen) atoms. The Morgan fingerprint density at radius 2 is 1.43 bits per heavy atom. The van der Waals surface area contributed by atoms with Crippen LogP contribution in [0.15, 0.2) is 77.3 Å². The number of fused-ring (bicyclic) bond motifs is 2. The highest BCUT2D eigenvalue weighted by atomic mass is 35.5. The minimum Gasteiger partial charge on any atom is -0.351 e. The summed E-state index contributed by atoms with van der Waals surface area (Å²) in [6.45, 7) is 2.06. The highest BCUT2D eigenvalue weighted by Crippen LogP contribution is 2.51. The molecule has 8 rings (SSSR count). The second kappa shape index (κ2) is 9.70. The van der Waals surface area contributed by atoms with E-state index >= 15 is 0 Å². The molecule has 3 aromatic carbocycles. The van der Waals surface area contributed by atoms with Crippen LogP contribution in [0, 0.1) is 0 Å². The second-order valence-corrected chi connectivity index (χ2v) is 12.9. The summed E-state index contributed by atoms with van der Waals surface area (Å²) in [5, 5.41) is 13.5. The second-order valence-electron chi connectivity index (χ2n) is 12.0. The number of carbonyl (C=O) groups is 2. The molecule has 2 saturated carbocycles. The molecule has 2 aliphatic carbocycles. The van der Waals surface area contributed by atoms with Gasteiger partial charge in [-0.05, 0) is 80.3 Å². The molecule has 2 aliphatic rings. The van der Waals surface area contributed by atoms with Gasteiger partial charge in [-0.25, -0.2) is 0 Å². The van der Waals surface area contributed by atoms with Gasteiger partial charge in [0.1, 0.15) is 16.9 Å². The topological polar surface area (TPSA) is 129 Å². The Kier molecular flexibility index (Phi) is 5.95. The molecule has 11 heteroatoms. The molecule has 0 saturated heterocycles. The average Bonchev–Trinajstić information content (AvgIpc) is 3.63. The van der Waals surface area contributed by atoms with Gasteiger partial charge in [-0.15, -0.1) is 0 Å². The van der Waals surface area contributed by atoms with Crippen molar-refractivity contribution in [3.05, 3.63) is 106 Å². The standard InChI is InChI=1S/C33H26Cl2N6O3/c1-32(39-29(42)26-14-19-12-21(34)6-8-24(19)36-26)16-23(32)17-2-4-18(5-3-17)28-38-31(44-41-28)33(10-11-33)40-30(43)27-15-20-13-22(35)7-9-25(20)37-27/h2-9,12-15,23,36-37H,10-11,16H2,1H3,(H,39,42)(H,40,43). The van der Waals surface area contributed by atoms with Gasteiger partial charge >= 0.3 is 0 Å². The van der Waals surface area contributed by atoms with Crippen molar-refractivity contribution in [3.8, 4) is 11.4 Å². The van der Waals surface area contributed by atoms with Crippen molar-refractivity contribution in [2.45, 2.75) is 43.2 Å². The molecule has 6 aromatic rings. The number of hydrogen-bond donors (Lipinski definition) is 4. The van der Waals surface area contributed by atoms with Gasteiger partial charge in [0.25, 0.3) is 17.7 Å². The molecule has 9 nitrogen and oxygen atoms in total. The average molecular weight is 626 g/mol. The van der Waals surface area contributed by atoms with E-state index in [2.05, 4.69) is 37.7 Å². The summed E-state index contributed by atoms with van der Waals surface area (Å²) in [6, 6.07) is 22.5. The monoisotopic (exact) mass is 624 g/mol. The quantitative estimate of drug-likeness (QED) is 0.150. The van der Waals surface area contributed by atoms with E-state index in [-0.39, 0.29) is 23.3 Å². The zero-order valence-corrected chi connectivity index (χ0v) is 25.0. The van der Waals surface area contributed by atoms with E-state index in [1.807, 2.05) is 54.6 Å². The van der Waals surface area contributed by atoms with Crippen LogP contribution < -0.4 is 10.6 Å². The molecule has 2 fully saturated rings. The molecule has 2 unspecified atom stereocenters. The predicted molar refractivity (Wildman–Crippen MR) is 168 cm³/mol. The van der Waals surface area contributed by atoms with Gasteiger partial charge in [-0.3, -0.25) is 9.59 Å². The highest BCUT2D eigenvalue weighted by molar-refractivity contribution is 6.31. The van der Waals surface area contributed by atoms with E-state index in [9.17, 15) is 9.59 Å². The largest absolute Gasteiger partial charge is 0.351 e. The fraction of sp³-hybridized carbons (Fsp3) is 0.212. The number of halogens is 2. The number of aromatic nitrogens is 4. The summed E-state index contributed by atoms with van der Waals surface area (Å²) in [6.07, 6.45) is 2.26. The molecule has 0 aliphatic heterocycles. The Morgan fingerprint density at radius 3 is 2.02 bits per heavy atom. The Labute approximate surface area is 261 Å². The molecule has 0 spiro atoms. The first-order chi connectivity index (χ1) is 21.2. The highest BCUT2D eigenvalue weighted by Gasteiger charge is 2.52. The lowest BCUT2D eigenvalue weighted by Crippen LogP contribution is -2.35. The number of nitrogens with one attached hydrogen (secondary N) is 4. The minimum atomic E-state index is -0.678. The predicted octanol–water partition coefficient (Wildman–Crippen LogP) is 7.10. The molecule has 2 amide bonds. The fourth-order valence-corrected chi connectivity index (χ4v) is 6.33. The fourth-order valence-electron chi connectivity index (χ4n) is 5.97. The Hall–Kier alpha value is -4.60. The van der Waals surface area contributed by atoms with Crippen LogP contribution in [0.25, 0.3) is 33.2 Å². The summed E-state index contributed by atoms with van der Waals surface area (Å²) in [5.41, 5.74) is 3.56. The van der Waals surface area contributed by atoms with Crippen LogP contribution in [0.2, 0.25) is 10.0 Å². The number of H-pyrrole nitrogens is 2. The van der Waals surface area contributed by atoms with Gasteiger partial charge < -0.3 is 25.1 Å². The first kappa shape index (κ1) is 27.0. The van der Waals surface area contributed by atoms with Crippen LogP contribution >= 0.6 is 23.2 Å². The van der Waals surface area contributed by atoms with Gasteiger partial charge in [0.15, 0.2) is 0 Å². The molecular weight excluding hydrogens is 599 g/mol. The summed E-state index contributed by atoms with van der Waals surface area (Å²) in [4.78, 5) is 37.0. The Morgan fingerprint density at radius 1 is 0.841 bits per heavy atom. The molecule has 3 aromatic heterocycles. The third kappa shape index (κ3) is 4.73. The van der Waals surface area contributed by atoms with Gasteiger partial charge in [-0.1, -0.05) is 52.6 Å². The van der Waals surface area contributed by atoms with E-state index < -0.39 is 5.54 Å². The number of amides is 2. The van der Waals surface area contributed by atoms with Crippen LogP contribution in [0.4, 0.5) is 0 Å². The van der Waals surface area contributed by atoms with E-state index in [1.165, 1.54) is 0 Å². The van der Waals surface area contributed by atoms with Crippen molar-refractivity contribution in [1.82, 2.24) is 30.7 Å². The maximum absolute atomic E-state index is 13.1. The summed E-state index contributed by atoms with van der Waals surface area (Å²) in [5.74, 6) is 0.644. The van der Waals surface area contributed by atoms with Crippen molar-refractivity contribution in [2.24, 2.45) is 0 Å². The van der Waals surface area contributed by atoms with Crippen LogP contribution in [0.5, 0.6) is 0 Å². The first-order valence-corrected chi connectivity index (χ1v) is 15.1. The number of hydrogen-bond acceptors (Lipinski definition) is 5.